The van der Waals surface area contributed by atoms with Crippen molar-refractivity contribution in [1.82, 2.24) is 0 Å². The van der Waals surface area contributed by atoms with Gasteiger partial charge >= 0.3 is 0 Å². The van der Waals surface area contributed by atoms with Crippen LogP contribution in [0.3, 0.4) is 0 Å². The Kier molecular flexibility index (Phi) is 2.15. The van der Waals surface area contributed by atoms with Gasteiger partial charge in [0.15, 0.2) is 11.5 Å². The Labute approximate surface area is 60.1 Å². The molecule has 10 heavy (non-hydrogen) atoms. The van der Waals surface area contributed by atoms with Crippen LogP contribution in [-0.2, 0) is 0 Å². The summed E-state index contributed by atoms with van der Waals surface area (Å²) in [5.74, 6) is 0.658. The Morgan fingerprint density at radius 2 is 2.50 bits per heavy atom. The lowest BCUT2D eigenvalue weighted by Crippen LogP contribution is -1.90. The molecule has 0 saturated heterocycles. The van der Waals surface area contributed by atoms with Crippen molar-refractivity contribution in [3.05, 3.63) is 24.3 Å². The fourth-order valence-electron chi connectivity index (χ4n) is 0.685. The Hall–Kier alpha value is -1.18. The fourth-order valence-corrected chi connectivity index (χ4v) is 0.685. The van der Waals surface area contributed by atoms with Crippen molar-refractivity contribution in [2.75, 3.05) is 6.61 Å². The number of ether oxygens (including phenoxy) is 1. The van der Waals surface area contributed by atoms with Crippen LogP contribution in [0.4, 0.5) is 0 Å². The third-order valence-electron chi connectivity index (χ3n) is 1.10. The van der Waals surface area contributed by atoms with Crippen LogP contribution in [0.25, 0.3) is 0 Å². The van der Waals surface area contributed by atoms with E-state index in [9.17, 15) is 0 Å². The fraction of sp³-hybridized carbons (Fsp3) is 0.250. The largest absolute Gasteiger partial charge is 0.504 e. The van der Waals surface area contributed by atoms with Gasteiger partial charge in [-0.2, -0.15) is 0 Å². The van der Waals surface area contributed by atoms with Crippen LogP contribution in [-0.4, -0.2) is 11.7 Å². The molecule has 1 rings (SSSR count). The SMILES string of the molecule is CCOc1cc[c]cc1O. The van der Waals surface area contributed by atoms with E-state index in [1.807, 2.05) is 6.92 Å². The number of phenols is 1. The van der Waals surface area contributed by atoms with Crippen LogP contribution < -0.4 is 4.74 Å². The van der Waals surface area contributed by atoms with E-state index in [1.165, 1.54) is 6.07 Å². The molecule has 1 radical (unpaired) electrons. The first-order valence-electron chi connectivity index (χ1n) is 3.16. The first-order chi connectivity index (χ1) is 4.84. The third-order valence-corrected chi connectivity index (χ3v) is 1.10. The highest BCUT2D eigenvalue weighted by Crippen LogP contribution is 2.23. The van der Waals surface area contributed by atoms with Crippen molar-refractivity contribution in [3.8, 4) is 11.5 Å². The summed E-state index contributed by atoms with van der Waals surface area (Å²) in [6, 6.07) is 7.59. The summed E-state index contributed by atoms with van der Waals surface area (Å²) in [5.41, 5.74) is 0. The summed E-state index contributed by atoms with van der Waals surface area (Å²) in [6.45, 7) is 2.44. The Morgan fingerprint density at radius 1 is 1.70 bits per heavy atom. The third kappa shape index (κ3) is 1.41. The molecule has 0 fully saturated rings. The molecule has 0 aliphatic heterocycles. The monoisotopic (exact) mass is 137 g/mol. The first-order valence-corrected chi connectivity index (χ1v) is 3.16. The molecule has 0 atom stereocenters. The second-order valence-electron chi connectivity index (χ2n) is 1.83. The molecule has 0 amide bonds. The summed E-state index contributed by atoms with van der Waals surface area (Å²) in [4.78, 5) is 0. The van der Waals surface area contributed by atoms with Gasteiger partial charge in [0.25, 0.3) is 0 Å². The van der Waals surface area contributed by atoms with Crippen molar-refractivity contribution in [3.63, 3.8) is 0 Å². The molecule has 0 heterocycles. The van der Waals surface area contributed by atoms with Crippen LogP contribution in [0.5, 0.6) is 11.5 Å². The maximum absolute atomic E-state index is 9.09. The molecule has 2 nitrogen and oxygen atoms in total. The zero-order valence-corrected chi connectivity index (χ0v) is 5.79. The summed E-state index contributed by atoms with van der Waals surface area (Å²) < 4.78 is 5.07. The zero-order valence-electron chi connectivity index (χ0n) is 5.79. The molecule has 1 N–H and O–H groups in total. The highest BCUT2D eigenvalue weighted by molar-refractivity contribution is 5.37. The lowest BCUT2D eigenvalue weighted by Gasteiger charge is -2.02. The Balaban J connectivity index is 2.81. The second-order valence-corrected chi connectivity index (χ2v) is 1.83. The van der Waals surface area contributed by atoms with Gasteiger partial charge in [0.2, 0.25) is 0 Å². The predicted octanol–water partition coefficient (Wildman–Crippen LogP) is 1.59. The molecular weight excluding hydrogens is 128 g/mol. The molecule has 0 aliphatic rings. The average molecular weight is 137 g/mol. The minimum atomic E-state index is 0.143. The number of rotatable bonds is 2. The molecule has 53 valence electrons. The minimum Gasteiger partial charge on any atom is -0.504 e. The van der Waals surface area contributed by atoms with Crippen LogP contribution in [0.2, 0.25) is 0 Å². The lowest BCUT2D eigenvalue weighted by atomic mass is 10.3. The quantitative estimate of drug-likeness (QED) is 0.670. The molecular formula is C8H9O2. The van der Waals surface area contributed by atoms with Gasteiger partial charge in [-0.1, -0.05) is 6.07 Å². The highest BCUT2D eigenvalue weighted by atomic mass is 16.5. The van der Waals surface area contributed by atoms with E-state index in [-0.39, 0.29) is 5.75 Å². The summed E-state index contributed by atoms with van der Waals surface area (Å²) in [6.07, 6.45) is 0. The van der Waals surface area contributed by atoms with Crippen molar-refractivity contribution in [2.24, 2.45) is 0 Å². The predicted molar refractivity (Wildman–Crippen MR) is 38.1 cm³/mol. The van der Waals surface area contributed by atoms with E-state index in [4.69, 9.17) is 9.84 Å². The molecule has 0 bridgehead atoms. The van der Waals surface area contributed by atoms with Gasteiger partial charge in [0, 0.05) is 0 Å². The summed E-state index contributed by atoms with van der Waals surface area (Å²) in [7, 11) is 0. The van der Waals surface area contributed by atoms with Crippen molar-refractivity contribution in [1.29, 1.82) is 0 Å². The zero-order chi connectivity index (χ0) is 7.40. The van der Waals surface area contributed by atoms with Gasteiger partial charge < -0.3 is 9.84 Å². The van der Waals surface area contributed by atoms with Crippen molar-refractivity contribution >= 4 is 0 Å². The maximum atomic E-state index is 9.09. The van der Waals surface area contributed by atoms with Crippen LogP contribution in [0, 0.1) is 6.07 Å². The summed E-state index contributed by atoms with van der Waals surface area (Å²) in [5, 5.41) is 9.09. The topological polar surface area (TPSA) is 29.5 Å². The second kappa shape index (κ2) is 3.11. The molecule has 0 spiro atoms. The van der Waals surface area contributed by atoms with E-state index in [0.717, 1.165) is 0 Å². The van der Waals surface area contributed by atoms with Crippen LogP contribution in [0.15, 0.2) is 18.2 Å². The van der Waals surface area contributed by atoms with E-state index >= 15 is 0 Å². The van der Waals surface area contributed by atoms with E-state index < -0.39 is 0 Å². The van der Waals surface area contributed by atoms with Gasteiger partial charge in [-0.05, 0) is 25.1 Å². The highest BCUT2D eigenvalue weighted by Gasteiger charge is 1.96. The Bertz CT molecular complexity index is 208. The van der Waals surface area contributed by atoms with Crippen molar-refractivity contribution in [2.45, 2.75) is 6.92 Å². The lowest BCUT2D eigenvalue weighted by molar-refractivity contribution is 0.318. The normalized spacial score (nSPS) is 9.30. The van der Waals surface area contributed by atoms with Gasteiger partial charge in [0.05, 0.1) is 6.61 Å². The molecule has 2 heteroatoms. The van der Waals surface area contributed by atoms with E-state index in [1.54, 1.807) is 12.1 Å². The summed E-state index contributed by atoms with van der Waals surface area (Å²) >= 11 is 0. The number of hydrogen-bond donors (Lipinski definition) is 1. The molecule has 0 unspecified atom stereocenters. The first kappa shape index (κ1) is 6.93. The van der Waals surface area contributed by atoms with Crippen LogP contribution >= 0.6 is 0 Å². The van der Waals surface area contributed by atoms with Crippen molar-refractivity contribution < 1.29 is 9.84 Å². The molecule has 1 aromatic rings. The standard InChI is InChI=1S/C8H9O2/c1-2-10-8-6-4-3-5-7(8)9/h4-6,9H,2H2,1H3. The van der Waals surface area contributed by atoms with E-state index in [2.05, 4.69) is 6.07 Å². The Morgan fingerprint density at radius 3 is 3.10 bits per heavy atom. The maximum Gasteiger partial charge on any atom is 0.160 e. The van der Waals surface area contributed by atoms with E-state index in [0.29, 0.717) is 12.4 Å². The number of benzene rings is 1. The number of phenolic OH excluding ortho intramolecular Hbond substituents is 1. The number of hydrogen-bond acceptors (Lipinski definition) is 2. The molecule has 0 saturated carbocycles. The van der Waals surface area contributed by atoms with Gasteiger partial charge in [-0.25, -0.2) is 0 Å². The molecule has 0 aromatic heterocycles. The van der Waals surface area contributed by atoms with Gasteiger partial charge in [-0.15, -0.1) is 0 Å². The smallest absolute Gasteiger partial charge is 0.160 e. The molecule has 0 aliphatic carbocycles. The average Bonchev–Trinajstić information content (AvgIpc) is 1.94. The van der Waals surface area contributed by atoms with Gasteiger partial charge in [-0.3, -0.25) is 0 Å². The minimum absolute atomic E-state index is 0.143. The van der Waals surface area contributed by atoms with Crippen LogP contribution in [0.1, 0.15) is 6.92 Å². The molecule has 1 aromatic carbocycles. The number of aromatic hydroxyl groups is 1. The van der Waals surface area contributed by atoms with Gasteiger partial charge in [0.1, 0.15) is 0 Å².